The Kier molecular flexibility index (Phi) is 5.59. The lowest BCUT2D eigenvalue weighted by Crippen LogP contribution is -2.29. The zero-order valence-electron chi connectivity index (χ0n) is 17.2. The van der Waals surface area contributed by atoms with Crippen molar-refractivity contribution in [2.24, 2.45) is 0 Å². The van der Waals surface area contributed by atoms with Crippen molar-refractivity contribution in [2.45, 2.75) is 19.3 Å². The fourth-order valence-corrected chi connectivity index (χ4v) is 3.68. The lowest BCUT2D eigenvalue weighted by atomic mass is 9.98. The van der Waals surface area contributed by atoms with Crippen LogP contribution in [0, 0.1) is 6.92 Å². The van der Waals surface area contributed by atoms with Crippen LogP contribution in [0.5, 0.6) is 17.4 Å². The van der Waals surface area contributed by atoms with E-state index in [1.807, 2.05) is 0 Å². The van der Waals surface area contributed by atoms with Crippen LogP contribution in [0.4, 0.5) is 13.2 Å². The Balaban J connectivity index is 1.87. The fraction of sp³-hybridized carbons (Fsp3) is 0.130. The van der Waals surface area contributed by atoms with Crippen LogP contribution in [-0.2, 0) is 0 Å². The first-order chi connectivity index (χ1) is 15.7. The van der Waals surface area contributed by atoms with E-state index in [4.69, 9.17) is 0 Å². The number of pyridine rings is 1. The molecule has 2 heterocycles. The van der Waals surface area contributed by atoms with E-state index >= 15 is 0 Å². The van der Waals surface area contributed by atoms with Crippen molar-refractivity contribution in [3.63, 3.8) is 0 Å². The number of benzene rings is 2. The molecule has 2 N–H and O–H groups in total. The van der Waals surface area contributed by atoms with E-state index in [0.29, 0.717) is 11.1 Å². The lowest BCUT2D eigenvalue weighted by Gasteiger charge is -2.21. The van der Waals surface area contributed by atoms with Crippen LogP contribution in [0.3, 0.4) is 0 Å². The van der Waals surface area contributed by atoms with Gasteiger partial charge in [0.15, 0.2) is 0 Å². The summed E-state index contributed by atoms with van der Waals surface area (Å²) in [5.41, 5.74) is 0.725. The number of rotatable bonds is 5. The Morgan fingerprint density at radius 1 is 0.970 bits per heavy atom. The maximum Gasteiger partial charge on any atom is 0.573 e. The van der Waals surface area contributed by atoms with E-state index in [9.17, 15) is 28.2 Å². The maximum atomic E-state index is 13.5. The summed E-state index contributed by atoms with van der Waals surface area (Å²) in [5, 5.41) is 21.3. The fourth-order valence-electron chi connectivity index (χ4n) is 3.68. The van der Waals surface area contributed by atoms with Gasteiger partial charge in [-0.3, -0.25) is 9.55 Å². The first kappa shape index (κ1) is 22.0. The summed E-state index contributed by atoms with van der Waals surface area (Å²) in [5.74, 6) is -0.899. The van der Waals surface area contributed by atoms with Crippen molar-refractivity contribution in [2.75, 3.05) is 0 Å². The molecule has 33 heavy (non-hydrogen) atoms. The molecule has 0 spiro atoms. The normalized spacial score (nSPS) is 12.5. The van der Waals surface area contributed by atoms with E-state index in [-0.39, 0.29) is 23.0 Å². The van der Waals surface area contributed by atoms with Crippen LogP contribution in [0.15, 0.2) is 77.9 Å². The smallest absolute Gasteiger partial charge is 0.508 e. The number of phenolic OH excluding ortho intramolecular Hbond substituents is 1. The number of aromatic nitrogens is 3. The third kappa shape index (κ3) is 4.27. The zero-order chi connectivity index (χ0) is 23.8. The van der Waals surface area contributed by atoms with Crippen LogP contribution in [0.25, 0.3) is 5.69 Å². The highest BCUT2D eigenvalue weighted by Gasteiger charge is 2.31. The number of aromatic hydroxyl groups is 2. The predicted octanol–water partition coefficient (Wildman–Crippen LogP) is 4.29. The molecule has 4 rings (SSSR count). The van der Waals surface area contributed by atoms with Gasteiger partial charge in [0.2, 0.25) is 5.88 Å². The van der Waals surface area contributed by atoms with Gasteiger partial charge >= 0.3 is 12.1 Å². The van der Waals surface area contributed by atoms with Crippen molar-refractivity contribution in [3.8, 4) is 23.1 Å². The van der Waals surface area contributed by atoms with Gasteiger partial charge in [0.1, 0.15) is 11.5 Å². The van der Waals surface area contributed by atoms with Crippen LogP contribution >= 0.6 is 0 Å². The highest BCUT2D eigenvalue weighted by atomic mass is 19.4. The largest absolute Gasteiger partial charge is 0.573 e. The van der Waals surface area contributed by atoms with Gasteiger partial charge in [-0.05, 0) is 55.0 Å². The Labute approximate surface area is 185 Å². The maximum absolute atomic E-state index is 13.5. The average Bonchev–Trinajstić information content (AvgIpc) is 2.99. The Bertz CT molecular complexity index is 1330. The molecule has 0 saturated carbocycles. The minimum atomic E-state index is -4.85. The third-order valence-electron chi connectivity index (χ3n) is 5.13. The third-order valence-corrected chi connectivity index (χ3v) is 5.13. The van der Waals surface area contributed by atoms with Gasteiger partial charge in [0.25, 0.3) is 0 Å². The van der Waals surface area contributed by atoms with E-state index < -0.39 is 23.8 Å². The molecule has 170 valence electrons. The molecule has 4 aromatic rings. The second-order valence-electron chi connectivity index (χ2n) is 7.18. The topological polar surface area (TPSA) is 89.5 Å². The second kappa shape index (κ2) is 8.38. The van der Waals surface area contributed by atoms with E-state index in [2.05, 4.69) is 9.72 Å². The quantitative estimate of drug-likeness (QED) is 0.467. The van der Waals surface area contributed by atoms with Gasteiger partial charge in [0.05, 0.1) is 17.4 Å². The number of alkyl halides is 3. The molecular formula is C23H18F3N3O4. The van der Waals surface area contributed by atoms with Gasteiger partial charge in [-0.2, -0.15) is 0 Å². The Hall–Kier alpha value is -4.21. The number of para-hydroxylation sites is 1. The molecule has 1 unspecified atom stereocenters. The second-order valence-corrected chi connectivity index (χ2v) is 7.18. The predicted molar refractivity (Wildman–Crippen MR) is 113 cm³/mol. The minimum Gasteiger partial charge on any atom is -0.508 e. The molecule has 0 aliphatic heterocycles. The molecule has 0 aliphatic carbocycles. The summed E-state index contributed by atoms with van der Waals surface area (Å²) >= 11 is 0. The molecular weight excluding hydrogens is 439 g/mol. The number of phenols is 1. The SMILES string of the molecule is Cc1c(O)n(-c2ccc(OC(F)(F)F)cc2)c(=O)n1C(c1ccncc1)c1ccccc1O. The van der Waals surface area contributed by atoms with Crippen molar-refractivity contribution in [1.82, 2.24) is 14.1 Å². The molecule has 0 fully saturated rings. The standard InChI is InChI=1S/C23H18F3N3O4/c1-14-21(31)29(16-6-8-17(9-7-16)33-23(24,25)26)22(32)28(14)20(15-10-12-27-13-11-15)18-4-2-3-5-19(18)30/h2-13,20,30-31H,1H3. The molecule has 2 aromatic heterocycles. The summed E-state index contributed by atoms with van der Waals surface area (Å²) in [6.07, 6.45) is -1.77. The molecule has 0 amide bonds. The van der Waals surface area contributed by atoms with Gasteiger partial charge in [-0.1, -0.05) is 18.2 Å². The minimum absolute atomic E-state index is 0.0495. The van der Waals surface area contributed by atoms with E-state index in [0.717, 1.165) is 16.7 Å². The van der Waals surface area contributed by atoms with Crippen molar-refractivity contribution in [1.29, 1.82) is 0 Å². The number of halogens is 3. The molecule has 1 atom stereocenters. The van der Waals surface area contributed by atoms with Crippen LogP contribution < -0.4 is 10.4 Å². The highest BCUT2D eigenvalue weighted by Crippen LogP contribution is 2.35. The van der Waals surface area contributed by atoms with Crippen LogP contribution in [0.2, 0.25) is 0 Å². The molecule has 0 radical (unpaired) electrons. The number of nitrogens with zero attached hydrogens (tertiary/aromatic N) is 3. The summed E-state index contributed by atoms with van der Waals surface area (Å²) in [6.45, 7) is 1.53. The number of hydrogen-bond donors (Lipinski definition) is 2. The van der Waals surface area contributed by atoms with E-state index in [1.165, 1.54) is 29.7 Å². The van der Waals surface area contributed by atoms with Crippen molar-refractivity contribution in [3.05, 3.63) is 100 Å². The summed E-state index contributed by atoms with van der Waals surface area (Å²) in [4.78, 5) is 17.5. The van der Waals surface area contributed by atoms with Gasteiger partial charge < -0.3 is 14.9 Å². The molecule has 0 bridgehead atoms. The van der Waals surface area contributed by atoms with Crippen molar-refractivity contribution >= 4 is 0 Å². The molecule has 7 nitrogen and oxygen atoms in total. The van der Waals surface area contributed by atoms with Gasteiger partial charge in [-0.15, -0.1) is 13.2 Å². The molecule has 10 heteroatoms. The lowest BCUT2D eigenvalue weighted by molar-refractivity contribution is -0.274. The first-order valence-corrected chi connectivity index (χ1v) is 9.74. The van der Waals surface area contributed by atoms with Gasteiger partial charge in [0, 0.05) is 18.0 Å². The average molecular weight is 457 g/mol. The Morgan fingerprint density at radius 3 is 2.21 bits per heavy atom. The molecule has 2 aromatic carbocycles. The number of imidazole rings is 1. The van der Waals surface area contributed by atoms with Crippen LogP contribution in [0.1, 0.15) is 22.9 Å². The van der Waals surface area contributed by atoms with E-state index in [1.54, 1.807) is 42.7 Å². The number of ether oxygens (including phenoxy) is 1. The molecule has 0 aliphatic rings. The van der Waals surface area contributed by atoms with Crippen LogP contribution in [-0.4, -0.2) is 30.7 Å². The first-order valence-electron chi connectivity index (χ1n) is 9.74. The van der Waals surface area contributed by atoms with Gasteiger partial charge in [-0.25, -0.2) is 9.36 Å². The zero-order valence-corrected chi connectivity index (χ0v) is 17.2. The summed E-state index contributed by atoms with van der Waals surface area (Å²) in [6, 6.07) is 13.6. The summed E-state index contributed by atoms with van der Waals surface area (Å²) in [7, 11) is 0. The Morgan fingerprint density at radius 2 is 1.61 bits per heavy atom. The monoisotopic (exact) mass is 457 g/mol. The molecule has 0 saturated heterocycles. The number of hydrogen-bond acceptors (Lipinski definition) is 5. The van der Waals surface area contributed by atoms with Crippen molar-refractivity contribution < 1.29 is 28.1 Å². The highest BCUT2D eigenvalue weighted by molar-refractivity contribution is 5.45. The summed E-state index contributed by atoms with van der Waals surface area (Å²) < 4.78 is 43.5.